The number of halogens is 1. The van der Waals surface area contributed by atoms with Gasteiger partial charge in [0.2, 0.25) is 5.88 Å². The number of benzene rings is 1. The maximum atomic E-state index is 6.02. The third kappa shape index (κ3) is 4.45. The van der Waals surface area contributed by atoms with E-state index in [-0.39, 0.29) is 6.04 Å². The van der Waals surface area contributed by atoms with Crippen LogP contribution in [0.5, 0.6) is 11.6 Å². The summed E-state index contributed by atoms with van der Waals surface area (Å²) in [7, 11) is 0. The molecule has 0 fully saturated rings. The minimum atomic E-state index is 0.280. The summed E-state index contributed by atoms with van der Waals surface area (Å²) in [6.45, 7) is 7.25. The second-order valence-electron chi connectivity index (χ2n) is 5.12. The SMILES string of the molecule is CCCNC(C)c1ccnc(Oc2ccc(Cl)c(C)c2)c1. The number of nitrogens with zero attached hydrogens (tertiary/aromatic N) is 1. The van der Waals surface area contributed by atoms with Crippen LogP contribution in [0.25, 0.3) is 0 Å². The number of aromatic nitrogens is 1. The molecule has 1 unspecified atom stereocenters. The number of nitrogens with one attached hydrogen (secondary N) is 1. The van der Waals surface area contributed by atoms with Crippen LogP contribution in [0, 0.1) is 6.92 Å². The van der Waals surface area contributed by atoms with Gasteiger partial charge in [-0.2, -0.15) is 0 Å². The van der Waals surface area contributed by atoms with Crippen LogP contribution in [0.2, 0.25) is 5.02 Å². The standard InChI is InChI=1S/C17H21ClN2O/c1-4-8-19-13(3)14-7-9-20-17(11-14)21-15-5-6-16(18)12(2)10-15/h5-7,9-11,13,19H,4,8H2,1-3H3. The van der Waals surface area contributed by atoms with Gasteiger partial charge in [-0.15, -0.1) is 0 Å². The summed E-state index contributed by atoms with van der Waals surface area (Å²) in [5.41, 5.74) is 2.16. The van der Waals surface area contributed by atoms with Crippen molar-refractivity contribution in [3.05, 3.63) is 52.7 Å². The van der Waals surface area contributed by atoms with Crippen molar-refractivity contribution < 1.29 is 4.74 Å². The van der Waals surface area contributed by atoms with Crippen LogP contribution in [0.4, 0.5) is 0 Å². The highest BCUT2D eigenvalue weighted by atomic mass is 35.5. The Bertz CT molecular complexity index is 601. The van der Waals surface area contributed by atoms with E-state index in [0.29, 0.717) is 5.88 Å². The lowest BCUT2D eigenvalue weighted by molar-refractivity contribution is 0.459. The van der Waals surface area contributed by atoms with Crippen molar-refractivity contribution >= 4 is 11.6 Å². The molecule has 3 nitrogen and oxygen atoms in total. The number of rotatable bonds is 6. The molecular formula is C17H21ClN2O. The zero-order valence-corrected chi connectivity index (χ0v) is 13.4. The Hall–Kier alpha value is -1.58. The molecule has 21 heavy (non-hydrogen) atoms. The van der Waals surface area contributed by atoms with Crippen molar-refractivity contribution in [2.24, 2.45) is 0 Å². The minimum Gasteiger partial charge on any atom is -0.439 e. The van der Waals surface area contributed by atoms with Crippen molar-refractivity contribution in [2.75, 3.05) is 6.54 Å². The largest absolute Gasteiger partial charge is 0.439 e. The number of aryl methyl sites for hydroxylation is 1. The van der Waals surface area contributed by atoms with Gasteiger partial charge in [0.15, 0.2) is 0 Å². The van der Waals surface area contributed by atoms with Gasteiger partial charge in [-0.25, -0.2) is 4.98 Å². The minimum absolute atomic E-state index is 0.280. The van der Waals surface area contributed by atoms with Crippen LogP contribution < -0.4 is 10.1 Å². The molecule has 112 valence electrons. The van der Waals surface area contributed by atoms with Crippen LogP contribution in [-0.4, -0.2) is 11.5 Å². The Morgan fingerprint density at radius 3 is 2.81 bits per heavy atom. The summed E-state index contributed by atoms with van der Waals surface area (Å²) < 4.78 is 5.81. The maximum absolute atomic E-state index is 6.02. The molecule has 4 heteroatoms. The molecule has 2 rings (SSSR count). The second kappa shape index (κ2) is 7.43. The first-order valence-corrected chi connectivity index (χ1v) is 7.61. The highest BCUT2D eigenvalue weighted by molar-refractivity contribution is 6.31. The highest BCUT2D eigenvalue weighted by Crippen LogP contribution is 2.26. The molecule has 2 aromatic rings. The van der Waals surface area contributed by atoms with E-state index in [2.05, 4.69) is 24.1 Å². The normalized spacial score (nSPS) is 12.2. The number of hydrogen-bond acceptors (Lipinski definition) is 3. The summed E-state index contributed by atoms with van der Waals surface area (Å²) in [5.74, 6) is 1.34. The first-order chi connectivity index (χ1) is 10.1. The highest BCUT2D eigenvalue weighted by Gasteiger charge is 2.07. The molecular weight excluding hydrogens is 284 g/mol. The second-order valence-corrected chi connectivity index (χ2v) is 5.52. The van der Waals surface area contributed by atoms with E-state index in [0.717, 1.165) is 29.3 Å². The van der Waals surface area contributed by atoms with E-state index >= 15 is 0 Å². The lowest BCUT2D eigenvalue weighted by Crippen LogP contribution is -2.19. The molecule has 0 saturated heterocycles. The van der Waals surface area contributed by atoms with Gasteiger partial charge >= 0.3 is 0 Å². The Morgan fingerprint density at radius 1 is 1.29 bits per heavy atom. The molecule has 0 aliphatic carbocycles. The average molecular weight is 305 g/mol. The molecule has 0 amide bonds. The lowest BCUT2D eigenvalue weighted by atomic mass is 10.1. The smallest absolute Gasteiger partial charge is 0.219 e. The topological polar surface area (TPSA) is 34.2 Å². The van der Waals surface area contributed by atoms with Gasteiger partial charge in [0.1, 0.15) is 5.75 Å². The average Bonchev–Trinajstić information content (AvgIpc) is 2.49. The van der Waals surface area contributed by atoms with E-state index in [1.165, 1.54) is 5.56 Å². The van der Waals surface area contributed by atoms with E-state index in [4.69, 9.17) is 16.3 Å². The maximum Gasteiger partial charge on any atom is 0.219 e. The summed E-state index contributed by atoms with van der Waals surface area (Å²) >= 11 is 6.02. The van der Waals surface area contributed by atoms with Crippen molar-refractivity contribution in [1.82, 2.24) is 10.3 Å². The third-order valence-corrected chi connectivity index (χ3v) is 3.74. The predicted molar refractivity (Wildman–Crippen MR) is 87.2 cm³/mol. The summed E-state index contributed by atoms with van der Waals surface area (Å²) in [4.78, 5) is 4.27. The molecule has 0 radical (unpaired) electrons. The molecule has 0 aliphatic heterocycles. The molecule has 1 atom stereocenters. The van der Waals surface area contributed by atoms with Gasteiger partial charge in [-0.3, -0.25) is 0 Å². The summed E-state index contributed by atoms with van der Waals surface area (Å²) in [6.07, 6.45) is 2.89. The van der Waals surface area contributed by atoms with Gasteiger partial charge < -0.3 is 10.1 Å². The monoisotopic (exact) mass is 304 g/mol. The Kier molecular flexibility index (Phi) is 5.59. The zero-order chi connectivity index (χ0) is 15.2. The van der Waals surface area contributed by atoms with E-state index in [1.807, 2.05) is 37.3 Å². The number of ether oxygens (including phenoxy) is 1. The van der Waals surface area contributed by atoms with E-state index in [9.17, 15) is 0 Å². The lowest BCUT2D eigenvalue weighted by Gasteiger charge is -2.14. The molecule has 1 aromatic carbocycles. The van der Waals surface area contributed by atoms with Gasteiger partial charge in [0.25, 0.3) is 0 Å². The van der Waals surface area contributed by atoms with Crippen molar-refractivity contribution in [2.45, 2.75) is 33.2 Å². The first-order valence-electron chi connectivity index (χ1n) is 7.23. The Morgan fingerprint density at radius 2 is 2.10 bits per heavy atom. The molecule has 1 aromatic heterocycles. The molecule has 0 spiro atoms. The molecule has 1 N–H and O–H groups in total. The fourth-order valence-corrected chi connectivity index (χ4v) is 2.15. The van der Waals surface area contributed by atoms with Gasteiger partial charge in [-0.05, 0) is 62.2 Å². The van der Waals surface area contributed by atoms with Gasteiger partial charge in [0.05, 0.1) is 0 Å². The van der Waals surface area contributed by atoms with Gasteiger partial charge in [0, 0.05) is 23.3 Å². The zero-order valence-electron chi connectivity index (χ0n) is 12.7. The van der Waals surface area contributed by atoms with Crippen molar-refractivity contribution in [3.63, 3.8) is 0 Å². The Balaban J connectivity index is 2.11. The van der Waals surface area contributed by atoms with Crippen LogP contribution >= 0.6 is 11.6 Å². The quantitative estimate of drug-likeness (QED) is 0.824. The van der Waals surface area contributed by atoms with Crippen molar-refractivity contribution in [3.8, 4) is 11.6 Å². The van der Waals surface area contributed by atoms with E-state index in [1.54, 1.807) is 6.20 Å². The predicted octanol–water partition coefficient (Wildman–Crippen LogP) is 4.90. The summed E-state index contributed by atoms with van der Waals surface area (Å²) in [6, 6.07) is 9.85. The molecule has 1 heterocycles. The Labute approximate surface area is 131 Å². The molecule has 0 saturated carbocycles. The molecule has 0 aliphatic rings. The summed E-state index contributed by atoms with van der Waals surface area (Å²) in [5, 5.41) is 4.19. The number of hydrogen-bond donors (Lipinski definition) is 1. The van der Waals surface area contributed by atoms with Crippen LogP contribution in [-0.2, 0) is 0 Å². The van der Waals surface area contributed by atoms with Crippen molar-refractivity contribution in [1.29, 1.82) is 0 Å². The number of pyridine rings is 1. The first kappa shape index (κ1) is 15.8. The van der Waals surface area contributed by atoms with Gasteiger partial charge in [-0.1, -0.05) is 18.5 Å². The fourth-order valence-electron chi connectivity index (χ4n) is 2.03. The van der Waals surface area contributed by atoms with E-state index < -0.39 is 0 Å². The molecule has 0 bridgehead atoms. The fraction of sp³-hybridized carbons (Fsp3) is 0.353. The third-order valence-electron chi connectivity index (χ3n) is 3.31. The van der Waals surface area contributed by atoms with Crippen LogP contribution in [0.15, 0.2) is 36.5 Å². The van der Waals surface area contributed by atoms with Crippen LogP contribution in [0.1, 0.15) is 37.4 Å². The van der Waals surface area contributed by atoms with Crippen LogP contribution in [0.3, 0.4) is 0 Å².